The van der Waals surface area contributed by atoms with Gasteiger partial charge >= 0.3 is 0 Å². The second-order valence-corrected chi connectivity index (χ2v) is 9.44. The number of hydrogen-bond acceptors (Lipinski definition) is 6. The molecule has 1 aromatic heterocycles. The number of β-amino-alcohol motifs (C(OH)–C–C–N with tert-alkyl or cyclic N) is 1. The molecule has 0 aliphatic carbocycles. The number of rotatable bonds is 8. The SMILES string of the molecule is CC(=O)CC(NC(=O)C1CC(O)CN1C(=O)C(c1cc(C)no1)C(C)C)c1ccc(Cl)cc1. The minimum Gasteiger partial charge on any atom is -0.391 e. The van der Waals surface area contributed by atoms with Crippen molar-refractivity contribution >= 4 is 29.2 Å². The van der Waals surface area contributed by atoms with Crippen LogP contribution < -0.4 is 5.32 Å². The molecule has 9 heteroatoms. The van der Waals surface area contributed by atoms with E-state index in [4.69, 9.17) is 16.1 Å². The van der Waals surface area contributed by atoms with Gasteiger partial charge in [0.05, 0.1) is 17.8 Å². The van der Waals surface area contributed by atoms with Crippen LogP contribution in [0.3, 0.4) is 0 Å². The van der Waals surface area contributed by atoms with E-state index in [9.17, 15) is 19.5 Å². The summed E-state index contributed by atoms with van der Waals surface area (Å²) in [7, 11) is 0. The molecule has 8 nitrogen and oxygen atoms in total. The maximum absolute atomic E-state index is 13.5. The highest BCUT2D eigenvalue weighted by Gasteiger charge is 2.43. The molecule has 0 bridgehead atoms. The summed E-state index contributed by atoms with van der Waals surface area (Å²) in [6.07, 6.45) is -0.607. The molecular formula is C24H30ClN3O5. The minimum absolute atomic E-state index is 0.0472. The smallest absolute Gasteiger partial charge is 0.243 e. The standard InChI is InChI=1S/C24H30ClN3O5/c1-13(2)22(21-9-14(3)27-33-21)24(32)28-12-18(30)11-20(28)23(31)26-19(10-15(4)29)16-5-7-17(25)8-6-16/h5-9,13,18-20,22,30H,10-12H2,1-4H3,(H,26,31). The zero-order valence-corrected chi connectivity index (χ0v) is 20.0. The van der Waals surface area contributed by atoms with Crippen molar-refractivity contribution in [3.63, 3.8) is 0 Å². The highest BCUT2D eigenvalue weighted by Crippen LogP contribution is 2.31. The molecule has 33 heavy (non-hydrogen) atoms. The number of Topliss-reactive ketones (excluding diaryl/α,β-unsaturated/α-hetero) is 1. The van der Waals surface area contributed by atoms with Crippen LogP contribution in [0.2, 0.25) is 5.02 Å². The fourth-order valence-corrected chi connectivity index (χ4v) is 4.38. The summed E-state index contributed by atoms with van der Waals surface area (Å²) in [5.74, 6) is -1.11. The van der Waals surface area contributed by atoms with Crippen molar-refractivity contribution in [1.82, 2.24) is 15.4 Å². The van der Waals surface area contributed by atoms with Crippen LogP contribution >= 0.6 is 11.6 Å². The molecule has 2 heterocycles. The predicted octanol–water partition coefficient (Wildman–Crippen LogP) is 3.17. The summed E-state index contributed by atoms with van der Waals surface area (Å²) in [6.45, 7) is 7.07. The molecule has 1 aromatic carbocycles. The fraction of sp³-hybridized carbons (Fsp3) is 0.500. The average molecular weight is 476 g/mol. The van der Waals surface area contributed by atoms with Crippen LogP contribution in [-0.4, -0.2) is 51.5 Å². The Hall–Kier alpha value is -2.71. The van der Waals surface area contributed by atoms with Crippen molar-refractivity contribution in [2.45, 2.75) is 64.6 Å². The Morgan fingerprint density at radius 1 is 1.27 bits per heavy atom. The molecule has 0 saturated carbocycles. The Balaban J connectivity index is 1.83. The topological polar surface area (TPSA) is 113 Å². The van der Waals surface area contributed by atoms with Gasteiger partial charge in [-0.1, -0.05) is 42.7 Å². The number of amides is 2. The summed E-state index contributed by atoms with van der Waals surface area (Å²) < 4.78 is 5.36. The van der Waals surface area contributed by atoms with Gasteiger partial charge in [-0.25, -0.2) is 0 Å². The van der Waals surface area contributed by atoms with Crippen LogP contribution in [-0.2, 0) is 14.4 Å². The Morgan fingerprint density at radius 3 is 2.48 bits per heavy atom. The van der Waals surface area contributed by atoms with Gasteiger partial charge in [0.1, 0.15) is 23.5 Å². The van der Waals surface area contributed by atoms with Gasteiger partial charge in [-0.15, -0.1) is 0 Å². The summed E-state index contributed by atoms with van der Waals surface area (Å²) in [6, 6.07) is 7.18. The lowest BCUT2D eigenvalue weighted by molar-refractivity contribution is -0.141. The number of nitrogens with zero attached hydrogens (tertiary/aromatic N) is 2. The lowest BCUT2D eigenvalue weighted by Gasteiger charge is -2.30. The minimum atomic E-state index is -0.862. The Labute approximate surface area is 198 Å². The van der Waals surface area contributed by atoms with Gasteiger partial charge in [0.15, 0.2) is 0 Å². The third kappa shape index (κ3) is 6.00. The predicted molar refractivity (Wildman–Crippen MR) is 123 cm³/mol. The van der Waals surface area contributed by atoms with E-state index in [0.29, 0.717) is 16.5 Å². The molecule has 3 rings (SSSR count). The molecule has 2 N–H and O–H groups in total. The van der Waals surface area contributed by atoms with E-state index in [1.807, 2.05) is 13.8 Å². The van der Waals surface area contributed by atoms with Crippen molar-refractivity contribution in [2.75, 3.05) is 6.54 Å². The van der Waals surface area contributed by atoms with E-state index in [-0.39, 0.29) is 37.0 Å². The zero-order valence-electron chi connectivity index (χ0n) is 19.2. The summed E-state index contributed by atoms with van der Waals surface area (Å²) >= 11 is 5.97. The van der Waals surface area contributed by atoms with Crippen molar-refractivity contribution in [2.24, 2.45) is 5.92 Å². The molecule has 0 spiro atoms. The number of aliphatic hydroxyl groups is 1. The number of aryl methyl sites for hydroxylation is 1. The summed E-state index contributed by atoms with van der Waals surface area (Å²) in [5.41, 5.74) is 1.39. The van der Waals surface area contributed by atoms with Crippen molar-refractivity contribution in [1.29, 1.82) is 0 Å². The van der Waals surface area contributed by atoms with Crippen LogP contribution in [0.5, 0.6) is 0 Å². The number of carbonyl (C=O) groups is 3. The number of ketones is 1. The van der Waals surface area contributed by atoms with Crippen molar-refractivity contribution in [3.05, 3.63) is 52.4 Å². The average Bonchev–Trinajstić information content (AvgIpc) is 3.33. The molecule has 1 saturated heterocycles. The molecule has 178 valence electrons. The lowest BCUT2D eigenvalue weighted by Crippen LogP contribution is -2.49. The number of nitrogens with one attached hydrogen (secondary N) is 1. The first kappa shape index (κ1) is 24.9. The van der Waals surface area contributed by atoms with Gasteiger partial charge < -0.3 is 19.8 Å². The van der Waals surface area contributed by atoms with E-state index in [1.54, 1.807) is 37.3 Å². The lowest BCUT2D eigenvalue weighted by atomic mass is 9.91. The fourth-order valence-electron chi connectivity index (χ4n) is 4.25. The number of carbonyl (C=O) groups excluding carboxylic acids is 3. The van der Waals surface area contributed by atoms with Gasteiger partial charge in [-0.2, -0.15) is 0 Å². The Kier molecular flexibility index (Phi) is 7.92. The van der Waals surface area contributed by atoms with E-state index in [1.165, 1.54) is 11.8 Å². The van der Waals surface area contributed by atoms with Gasteiger partial charge in [-0.05, 0) is 37.5 Å². The molecule has 2 aromatic rings. The van der Waals surface area contributed by atoms with Gasteiger partial charge in [0.2, 0.25) is 11.8 Å². The highest BCUT2D eigenvalue weighted by atomic mass is 35.5. The number of benzene rings is 1. The zero-order chi connectivity index (χ0) is 24.3. The highest BCUT2D eigenvalue weighted by molar-refractivity contribution is 6.30. The molecule has 2 amide bonds. The quantitative estimate of drug-likeness (QED) is 0.606. The number of hydrogen-bond donors (Lipinski definition) is 2. The first-order chi connectivity index (χ1) is 15.6. The summed E-state index contributed by atoms with van der Waals surface area (Å²) in [4.78, 5) is 40.0. The van der Waals surface area contributed by atoms with Crippen LogP contribution in [0.25, 0.3) is 0 Å². The van der Waals surface area contributed by atoms with Crippen LogP contribution in [0.1, 0.15) is 62.6 Å². The van der Waals surface area contributed by atoms with Crippen molar-refractivity contribution in [3.8, 4) is 0 Å². The van der Waals surface area contributed by atoms with Gasteiger partial charge in [0, 0.05) is 30.5 Å². The number of likely N-dealkylation sites (tertiary alicyclic amines) is 1. The van der Waals surface area contributed by atoms with Crippen LogP contribution in [0.15, 0.2) is 34.9 Å². The Bertz CT molecular complexity index is 1000. The van der Waals surface area contributed by atoms with Crippen LogP contribution in [0, 0.1) is 12.8 Å². The van der Waals surface area contributed by atoms with Crippen molar-refractivity contribution < 1.29 is 24.0 Å². The Morgan fingerprint density at radius 2 is 1.94 bits per heavy atom. The second-order valence-electron chi connectivity index (χ2n) is 9.01. The van der Waals surface area contributed by atoms with E-state index in [0.717, 1.165) is 5.56 Å². The molecule has 0 radical (unpaired) electrons. The maximum atomic E-state index is 13.5. The monoisotopic (exact) mass is 475 g/mol. The molecule has 1 aliphatic heterocycles. The van der Waals surface area contributed by atoms with Crippen LogP contribution in [0.4, 0.5) is 0 Å². The number of aliphatic hydroxyl groups excluding tert-OH is 1. The largest absolute Gasteiger partial charge is 0.391 e. The van der Waals surface area contributed by atoms with Gasteiger partial charge in [0.25, 0.3) is 0 Å². The van der Waals surface area contributed by atoms with E-state index >= 15 is 0 Å². The molecule has 4 unspecified atom stereocenters. The molecule has 4 atom stereocenters. The molecule has 1 fully saturated rings. The second kappa shape index (κ2) is 10.5. The third-order valence-electron chi connectivity index (χ3n) is 5.83. The molecular weight excluding hydrogens is 446 g/mol. The first-order valence-corrected chi connectivity index (χ1v) is 11.4. The maximum Gasteiger partial charge on any atom is 0.243 e. The van der Waals surface area contributed by atoms with E-state index in [2.05, 4.69) is 10.5 Å². The molecule has 1 aliphatic rings. The van der Waals surface area contributed by atoms with Gasteiger partial charge in [-0.3, -0.25) is 14.4 Å². The first-order valence-electron chi connectivity index (χ1n) is 11.0. The summed E-state index contributed by atoms with van der Waals surface area (Å²) in [5, 5.41) is 17.6. The normalized spacial score (nSPS) is 20.0. The number of halogens is 1. The number of aromatic nitrogens is 1. The third-order valence-corrected chi connectivity index (χ3v) is 6.08. The van der Waals surface area contributed by atoms with E-state index < -0.39 is 30.0 Å².